The highest BCUT2D eigenvalue weighted by atomic mass is 16.5. The third-order valence-electron chi connectivity index (χ3n) is 2.04. The predicted octanol–water partition coefficient (Wildman–Crippen LogP) is 1.67. The Labute approximate surface area is 88.2 Å². The van der Waals surface area contributed by atoms with Crippen molar-refractivity contribution in [2.75, 3.05) is 33.4 Å². The van der Waals surface area contributed by atoms with Crippen LogP contribution in [0.2, 0.25) is 0 Å². The highest BCUT2D eigenvalue weighted by Crippen LogP contribution is 2.01. The summed E-state index contributed by atoms with van der Waals surface area (Å²) in [5, 5.41) is 3.34. The van der Waals surface area contributed by atoms with Gasteiger partial charge in [-0.25, -0.2) is 0 Å². The normalized spacial score (nSPS) is 13.5. The monoisotopic (exact) mass is 203 g/mol. The zero-order valence-electron chi connectivity index (χ0n) is 10.0. The van der Waals surface area contributed by atoms with Crippen molar-refractivity contribution in [2.24, 2.45) is 5.92 Å². The van der Waals surface area contributed by atoms with Crippen LogP contribution in [-0.4, -0.2) is 39.5 Å². The van der Waals surface area contributed by atoms with Crippen LogP contribution in [0.15, 0.2) is 0 Å². The summed E-state index contributed by atoms with van der Waals surface area (Å²) in [5.41, 5.74) is 0. The summed E-state index contributed by atoms with van der Waals surface area (Å²) in [6.45, 7) is 10.0. The van der Waals surface area contributed by atoms with Crippen molar-refractivity contribution in [3.8, 4) is 0 Å². The van der Waals surface area contributed by atoms with Crippen molar-refractivity contribution < 1.29 is 9.47 Å². The summed E-state index contributed by atoms with van der Waals surface area (Å²) in [6.07, 6.45) is 1.47. The molecule has 0 aromatic heterocycles. The van der Waals surface area contributed by atoms with Gasteiger partial charge < -0.3 is 14.8 Å². The van der Waals surface area contributed by atoms with E-state index in [1.807, 2.05) is 0 Å². The van der Waals surface area contributed by atoms with Gasteiger partial charge in [0.05, 0.1) is 12.7 Å². The molecule has 0 saturated heterocycles. The SMILES string of the molecule is COCCNCC(C)CCOC(C)C. The molecule has 0 fully saturated rings. The predicted molar refractivity (Wildman–Crippen MR) is 59.6 cm³/mol. The Balaban J connectivity index is 3.15. The Morgan fingerprint density at radius 1 is 1.14 bits per heavy atom. The fourth-order valence-electron chi connectivity index (χ4n) is 1.13. The number of hydrogen-bond acceptors (Lipinski definition) is 3. The molecule has 14 heavy (non-hydrogen) atoms. The van der Waals surface area contributed by atoms with E-state index in [9.17, 15) is 0 Å². The average molecular weight is 203 g/mol. The molecule has 0 aromatic rings. The molecule has 0 aliphatic carbocycles. The molecule has 0 saturated carbocycles. The van der Waals surface area contributed by atoms with Crippen LogP contribution in [0.3, 0.4) is 0 Å². The molecule has 0 rings (SSSR count). The van der Waals surface area contributed by atoms with Crippen molar-refractivity contribution in [1.29, 1.82) is 0 Å². The molecule has 0 heterocycles. The fraction of sp³-hybridized carbons (Fsp3) is 1.00. The zero-order valence-corrected chi connectivity index (χ0v) is 10.0. The highest BCUT2D eigenvalue weighted by Gasteiger charge is 2.02. The van der Waals surface area contributed by atoms with Gasteiger partial charge in [0.25, 0.3) is 0 Å². The van der Waals surface area contributed by atoms with Gasteiger partial charge in [-0.15, -0.1) is 0 Å². The maximum atomic E-state index is 5.49. The quantitative estimate of drug-likeness (QED) is 0.578. The smallest absolute Gasteiger partial charge is 0.0587 e. The van der Waals surface area contributed by atoms with E-state index >= 15 is 0 Å². The molecule has 0 aliphatic heterocycles. The molecule has 1 atom stereocenters. The van der Waals surface area contributed by atoms with Gasteiger partial charge in [0.2, 0.25) is 0 Å². The third-order valence-corrected chi connectivity index (χ3v) is 2.04. The van der Waals surface area contributed by atoms with E-state index in [4.69, 9.17) is 9.47 Å². The van der Waals surface area contributed by atoms with Crippen molar-refractivity contribution in [2.45, 2.75) is 33.3 Å². The van der Waals surface area contributed by atoms with Crippen LogP contribution in [0, 0.1) is 5.92 Å². The van der Waals surface area contributed by atoms with Crippen LogP contribution < -0.4 is 5.32 Å². The highest BCUT2D eigenvalue weighted by molar-refractivity contribution is 4.56. The second kappa shape index (κ2) is 9.44. The minimum atomic E-state index is 0.351. The molecule has 86 valence electrons. The first kappa shape index (κ1) is 13.9. The lowest BCUT2D eigenvalue weighted by atomic mass is 10.1. The molecule has 0 amide bonds. The van der Waals surface area contributed by atoms with Crippen molar-refractivity contribution >= 4 is 0 Å². The minimum Gasteiger partial charge on any atom is -0.383 e. The summed E-state index contributed by atoms with van der Waals surface area (Å²) in [7, 11) is 1.72. The fourth-order valence-corrected chi connectivity index (χ4v) is 1.13. The lowest BCUT2D eigenvalue weighted by Gasteiger charge is -2.13. The van der Waals surface area contributed by atoms with Gasteiger partial charge in [0, 0.05) is 20.3 Å². The van der Waals surface area contributed by atoms with Crippen LogP contribution in [0.1, 0.15) is 27.2 Å². The van der Waals surface area contributed by atoms with Crippen molar-refractivity contribution in [3.63, 3.8) is 0 Å². The molecule has 3 nitrogen and oxygen atoms in total. The van der Waals surface area contributed by atoms with Gasteiger partial charge in [-0.1, -0.05) is 6.92 Å². The maximum Gasteiger partial charge on any atom is 0.0587 e. The second-order valence-electron chi connectivity index (χ2n) is 4.01. The molecule has 1 N–H and O–H groups in total. The Morgan fingerprint density at radius 2 is 1.86 bits per heavy atom. The van der Waals surface area contributed by atoms with Crippen LogP contribution >= 0.6 is 0 Å². The van der Waals surface area contributed by atoms with Gasteiger partial charge in [-0.3, -0.25) is 0 Å². The number of hydrogen-bond donors (Lipinski definition) is 1. The Hall–Kier alpha value is -0.120. The zero-order chi connectivity index (χ0) is 10.8. The average Bonchev–Trinajstić information content (AvgIpc) is 2.12. The van der Waals surface area contributed by atoms with Gasteiger partial charge in [0.15, 0.2) is 0 Å². The van der Waals surface area contributed by atoms with E-state index in [-0.39, 0.29) is 0 Å². The van der Waals surface area contributed by atoms with Gasteiger partial charge in [-0.05, 0) is 32.7 Å². The Morgan fingerprint density at radius 3 is 2.43 bits per heavy atom. The van der Waals surface area contributed by atoms with Gasteiger partial charge >= 0.3 is 0 Å². The lowest BCUT2D eigenvalue weighted by Crippen LogP contribution is -2.25. The molecule has 0 bridgehead atoms. The molecular weight excluding hydrogens is 178 g/mol. The van der Waals surface area contributed by atoms with Crippen LogP contribution in [-0.2, 0) is 9.47 Å². The second-order valence-corrected chi connectivity index (χ2v) is 4.01. The number of nitrogens with one attached hydrogen (secondary N) is 1. The van der Waals surface area contributed by atoms with E-state index < -0.39 is 0 Å². The molecule has 0 aliphatic rings. The van der Waals surface area contributed by atoms with E-state index in [1.165, 1.54) is 0 Å². The lowest BCUT2D eigenvalue weighted by molar-refractivity contribution is 0.0695. The number of ether oxygens (including phenoxy) is 2. The topological polar surface area (TPSA) is 30.5 Å². The van der Waals surface area contributed by atoms with Crippen LogP contribution in [0.5, 0.6) is 0 Å². The first-order valence-electron chi connectivity index (χ1n) is 5.48. The number of rotatable bonds is 9. The van der Waals surface area contributed by atoms with E-state index in [0.717, 1.165) is 32.7 Å². The first-order chi connectivity index (χ1) is 6.66. The molecule has 1 unspecified atom stereocenters. The minimum absolute atomic E-state index is 0.351. The van der Waals surface area contributed by atoms with Crippen LogP contribution in [0.25, 0.3) is 0 Å². The summed E-state index contributed by atoms with van der Waals surface area (Å²) in [4.78, 5) is 0. The van der Waals surface area contributed by atoms with E-state index in [1.54, 1.807) is 7.11 Å². The number of methoxy groups -OCH3 is 1. The largest absolute Gasteiger partial charge is 0.383 e. The maximum absolute atomic E-state index is 5.49. The molecule has 3 heteroatoms. The van der Waals surface area contributed by atoms with Crippen molar-refractivity contribution in [1.82, 2.24) is 5.32 Å². The van der Waals surface area contributed by atoms with Crippen LogP contribution in [0.4, 0.5) is 0 Å². The molecule has 0 aromatic carbocycles. The Kier molecular flexibility index (Phi) is 9.35. The van der Waals surface area contributed by atoms with E-state index in [0.29, 0.717) is 12.0 Å². The van der Waals surface area contributed by atoms with Gasteiger partial charge in [-0.2, -0.15) is 0 Å². The summed E-state index contributed by atoms with van der Waals surface area (Å²) in [6, 6.07) is 0. The first-order valence-corrected chi connectivity index (χ1v) is 5.48. The molecule has 0 radical (unpaired) electrons. The summed E-state index contributed by atoms with van der Waals surface area (Å²) < 4.78 is 10.4. The molecular formula is C11H25NO2. The molecule has 0 spiro atoms. The summed E-state index contributed by atoms with van der Waals surface area (Å²) >= 11 is 0. The van der Waals surface area contributed by atoms with E-state index in [2.05, 4.69) is 26.1 Å². The van der Waals surface area contributed by atoms with Gasteiger partial charge in [0.1, 0.15) is 0 Å². The Bertz CT molecular complexity index is 118. The summed E-state index contributed by atoms with van der Waals surface area (Å²) in [5.74, 6) is 0.672. The van der Waals surface area contributed by atoms with Crippen molar-refractivity contribution in [3.05, 3.63) is 0 Å². The third kappa shape index (κ3) is 9.96. The standard InChI is InChI=1S/C11H25NO2/c1-10(2)14-7-5-11(3)9-12-6-8-13-4/h10-12H,5-9H2,1-4H3.